The minimum absolute atomic E-state index is 0.00870. The zero-order chi connectivity index (χ0) is 49.8. The molecule has 0 fully saturated rings. The van der Waals surface area contributed by atoms with E-state index in [9.17, 15) is 43.9 Å². The number of hydrogen-bond acceptors (Lipinski definition) is 0. The Balaban J connectivity index is 0.000000384. The van der Waals surface area contributed by atoms with Gasteiger partial charge in [0.25, 0.3) is 0 Å². The van der Waals surface area contributed by atoms with Crippen LogP contribution in [0.1, 0.15) is 66.8 Å². The topological polar surface area (TPSA) is 0 Å². The van der Waals surface area contributed by atoms with Crippen LogP contribution >= 0.6 is 69.6 Å². The van der Waals surface area contributed by atoms with Gasteiger partial charge >= 0.3 is 0 Å². The zero-order valence-electron chi connectivity index (χ0n) is 36.7. The molecular weight excluding hydrogens is 979 g/mol. The minimum atomic E-state index is -1.33. The smallest absolute Gasteiger partial charge is 0.165 e. The van der Waals surface area contributed by atoms with Gasteiger partial charge in [-0.25, -0.2) is 43.9 Å². The Hall–Kier alpha value is -3.64. The third kappa shape index (κ3) is 16.1. The summed E-state index contributed by atoms with van der Waals surface area (Å²) in [5.74, 6) is -10.9. The summed E-state index contributed by atoms with van der Waals surface area (Å²) in [6, 6.07) is 13.4. The van der Waals surface area contributed by atoms with Crippen molar-refractivity contribution in [3.8, 4) is 0 Å². The molecule has 0 amide bonds. The molecule has 0 N–H and O–H groups in total. The van der Waals surface area contributed by atoms with Gasteiger partial charge < -0.3 is 0 Å². The van der Waals surface area contributed by atoms with E-state index in [4.69, 9.17) is 69.6 Å². The molecule has 0 aliphatic carbocycles. The van der Waals surface area contributed by atoms with Crippen LogP contribution in [-0.4, -0.2) is 0 Å². The molecule has 0 saturated heterocycles. The monoisotopic (exact) mass is 1020 g/mol. The Morgan fingerprint density at radius 3 is 0.812 bits per heavy atom. The molecule has 0 aliphatic heterocycles. The second-order valence-electron chi connectivity index (χ2n) is 14.4. The lowest BCUT2D eigenvalue weighted by atomic mass is 10.1. The van der Waals surface area contributed by atoms with Gasteiger partial charge in [0.2, 0.25) is 0 Å². The molecule has 0 atom stereocenters. The predicted octanol–water partition coefficient (Wildman–Crippen LogP) is 19.1. The molecule has 64 heavy (non-hydrogen) atoms. The van der Waals surface area contributed by atoms with Crippen molar-refractivity contribution in [2.45, 2.75) is 83.1 Å². The normalized spacial score (nSPS) is 10.2. The Morgan fingerprint density at radius 1 is 0.266 bits per heavy atom. The first-order chi connectivity index (χ1) is 29.4. The summed E-state index contributed by atoms with van der Waals surface area (Å²) in [7, 11) is 0. The van der Waals surface area contributed by atoms with Gasteiger partial charge in [-0.05, 0) is 164 Å². The van der Waals surface area contributed by atoms with E-state index in [-0.39, 0.29) is 22.3 Å². The molecule has 6 aromatic rings. The van der Waals surface area contributed by atoms with Crippen LogP contribution in [0.5, 0.6) is 0 Å². The van der Waals surface area contributed by atoms with Gasteiger partial charge in [0.15, 0.2) is 46.5 Å². The van der Waals surface area contributed by atoms with Crippen molar-refractivity contribution in [3.63, 3.8) is 0 Å². The Bertz CT molecular complexity index is 2290. The number of hydrogen-bond donors (Lipinski definition) is 0. The van der Waals surface area contributed by atoms with E-state index >= 15 is 0 Å². The third-order valence-electron chi connectivity index (χ3n) is 9.18. The fourth-order valence-corrected chi connectivity index (χ4v) is 6.18. The number of rotatable bonds is 0. The SMILES string of the molecule is Cc1c(F)c(F)c(C)c(F)c1F.Cc1cc(Cl)c(C)c(Cl)c1.Cc1cc(Cl)c(C)cc1Cl.Cc1cc(F)c(C)c(F)c1F.Cc1cc(F)c(C)c(F)c1F.Cc1ccc(C)c(Cl)c1Cl. The van der Waals surface area contributed by atoms with Gasteiger partial charge in [-0.3, -0.25) is 0 Å². The van der Waals surface area contributed by atoms with Crippen LogP contribution < -0.4 is 0 Å². The number of aryl methyl sites for hydroxylation is 7. The molecule has 0 saturated carbocycles. The second kappa shape index (κ2) is 25.9. The molecule has 0 aromatic heterocycles. The molecule has 0 heterocycles. The molecule has 6 aromatic carbocycles. The van der Waals surface area contributed by atoms with E-state index in [1.54, 1.807) is 0 Å². The van der Waals surface area contributed by atoms with Gasteiger partial charge in [-0.2, -0.15) is 0 Å². The highest BCUT2D eigenvalue weighted by Gasteiger charge is 2.19. The highest BCUT2D eigenvalue weighted by Crippen LogP contribution is 2.29. The van der Waals surface area contributed by atoms with Crippen LogP contribution in [0.2, 0.25) is 30.1 Å². The van der Waals surface area contributed by atoms with E-state index in [1.165, 1.54) is 27.7 Å². The average Bonchev–Trinajstić information content (AvgIpc) is 3.24. The Morgan fingerprint density at radius 2 is 0.531 bits per heavy atom. The fourth-order valence-electron chi connectivity index (χ4n) is 4.72. The van der Waals surface area contributed by atoms with Crippen LogP contribution in [0.3, 0.4) is 0 Å². The van der Waals surface area contributed by atoms with Gasteiger partial charge in [0, 0.05) is 42.3 Å². The first-order valence-electron chi connectivity index (χ1n) is 18.6. The van der Waals surface area contributed by atoms with Crippen molar-refractivity contribution in [2.75, 3.05) is 0 Å². The summed E-state index contributed by atoms with van der Waals surface area (Å²) in [4.78, 5) is 0. The van der Waals surface area contributed by atoms with Crippen LogP contribution in [0.4, 0.5) is 43.9 Å². The van der Waals surface area contributed by atoms with Crippen LogP contribution in [0, 0.1) is 141 Å². The molecule has 0 unspecified atom stereocenters. The van der Waals surface area contributed by atoms with Gasteiger partial charge in [0.1, 0.15) is 11.6 Å². The standard InChI is InChI=1S/3C8H8Cl2.C8H6F4.2C8H7F3/c1-5-3-8(10)6(2)4-7(5)9;1-5-3-7(9)6(2)8(10)4-5;1-5-3-4-6(2)8(10)7(5)9;1-3-5(9)7(11)4(2)8(12)6(3)10;2*1-4-3-6(9)5(2)8(11)7(4)10/h3*3-4H,1-2H3;1-2H3;2*3H,1-2H3. The van der Waals surface area contributed by atoms with E-state index in [2.05, 4.69) is 0 Å². The second-order valence-corrected chi connectivity index (χ2v) is 16.8. The van der Waals surface area contributed by atoms with E-state index < -0.39 is 69.3 Å². The summed E-state index contributed by atoms with van der Waals surface area (Å²) < 4.78 is 126. The highest BCUT2D eigenvalue weighted by molar-refractivity contribution is 6.43. The van der Waals surface area contributed by atoms with Crippen molar-refractivity contribution in [1.82, 2.24) is 0 Å². The minimum Gasteiger partial charge on any atom is -0.207 e. The highest BCUT2D eigenvalue weighted by atomic mass is 35.5. The molecule has 0 nitrogen and oxygen atoms in total. The summed E-state index contributed by atoms with van der Waals surface area (Å²) >= 11 is 35.0. The molecule has 0 radical (unpaired) electrons. The van der Waals surface area contributed by atoms with Crippen LogP contribution in [0.15, 0.2) is 48.5 Å². The molecule has 0 bridgehead atoms. The van der Waals surface area contributed by atoms with E-state index in [1.807, 2.05) is 77.9 Å². The largest absolute Gasteiger partial charge is 0.207 e. The third-order valence-corrected chi connectivity index (χ3v) is 11.8. The summed E-state index contributed by atoms with van der Waals surface area (Å²) in [6.45, 7) is 18.6. The van der Waals surface area contributed by atoms with Gasteiger partial charge in [-0.1, -0.05) is 81.7 Å². The number of halogens is 16. The summed E-state index contributed by atoms with van der Waals surface area (Å²) in [6.07, 6.45) is 0. The molecular formula is C48H44Cl6F10. The number of benzene rings is 6. The fraction of sp³-hybridized carbons (Fsp3) is 0.250. The maximum absolute atomic E-state index is 12.7. The summed E-state index contributed by atoms with van der Waals surface area (Å²) in [5.41, 5.74) is 4.34. The van der Waals surface area contributed by atoms with E-state index in [0.29, 0.717) is 10.0 Å². The molecule has 0 spiro atoms. The maximum atomic E-state index is 12.7. The first kappa shape index (κ1) is 58.4. The Kier molecular flexibility index (Phi) is 23.6. The Labute approximate surface area is 398 Å². The quantitative estimate of drug-likeness (QED) is 0.105. The van der Waals surface area contributed by atoms with Gasteiger partial charge in [0.05, 0.1) is 10.0 Å². The maximum Gasteiger partial charge on any atom is 0.165 e. The first-order valence-corrected chi connectivity index (χ1v) is 20.9. The van der Waals surface area contributed by atoms with Crippen LogP contribution in [-0.2, 0) is 0 Å². The summed E-state index contributed by atoms with van der Waals surface area (Å²) in [5, 5.41) is 4.38. The molecule has 0 aliphatic rings. The van der Waals surface area contributed by atoms with Crippen molar-refractivity contribution in [1.29, 1.82) is 0 Å². The van der Waals surface area contributed by atoms with E-state index in [0.717, 1.165) is 79.5 Å². The van der Waals surface area contributed by atoms with Crippen molar-refractivity contribution in [3.05, 3.63) is 204 Å². The van der Waals surface area contributed by atoms with Crippen LogP contribution in [0.25, 0.3) is 0 Å². The molecule has 16 heteroatoms. The average molecular weight is 1020 g/mol. The van der Waals surface area contributed by atoms with Gasteiger partial charge in [-0.15, -0.1) is 0 Å². The van der Waals surface area contributed by atoms with Crippen molar-refractivity contribution >= 4 is 69.6 Å². The lowest BCUT2D eigenvalue weighted by molar-refractivity contribution is 0.436. The zero-order valence-corrected chi connectivity index (χ0v) is 41.2. The predicted molar refractivity (Wildman–Crippen MR) is 245 cm³/mol. The van der Waals surface area contributed by atoms with Crippen molar-refractivity contribution in [2.24, 2.45) is 0 Å². The molecule has 6 rings (SSSR count). The lowest BCUT2D eigenvalue weighted by Crippen LogP contribution is -2.02. The van der Waals surface area contributed by atoms with Crippen molar-refractivity contribution < 1.29 is 43.9 Å². The lowest BCUT2D eigenvalue weighted by Gasteiger charge is -2.04. The molecule has 348 valence electrons.